The van der Waals surface area contributed by atoms with Crippen LogP contribution >= 0.6 is 11.6 Å². The van der Waals surface area contributed by atoms with Crippen molar-refractivity contribution in [3.05, 3.63) is 64.3 Å². The van der Waals surface area contributed by atoms with E-state index in [1.54, 1.807) is 18.3 Å². The number of hydrogen-bond donors (Lipinski definition) is 1. The van der Waals surface area contributed by atoms with Crippen LogP contribution in [0, 0.1) is 12.8 Å². The fraction of sp³-hybridized carbons (Fsp3) is 0.393. The standard InChI is InChI=1S/C28H29ClN2O4/c1-17-11-26-24(15-23(17)28(33)31-16-22-3-2-10-34-22)27(8-9-30-26)35-21-7-6-19(25(29)14-21)13-20(32)12-18-4-5-18/h6-9,11,14-15,18,22H,2-5,10,12-13,16H2,1H3,(H,31,33)/t22-/m1/s1. The minimum atomic E-state index is -0.141. The minimum Gasteiger partial charge on any atom is -0.457 e. The summed E-state index contributed by atoms with van der Waals surface area (Å²) in [6.07, 6.45) is 7.06. The molecular formula is C28H29ClN2O4. The maximum Gasteiger partial charge on any atom is 0.251 e. The molecule has 7 heteroatoms. The number of aromatic nitrogens is 1. The highest BCUT2D eigenvalue weighted by molar-refractivity contribution is 6.31. The van der Waals surface area contributed by atoms with E-state index in [0.717, 1.165) is 54.3 Å². The Balaban J connectivity index is 1.34. The molecule has 1 amide bonds. The molecule has 2 aromatic carbocycles. The van der Waals surface area contributed by atoms with Crippen molar-refractivity contribution in [3.63, 3.8) is 0 Å². The first-order chi connectivity index (χ1) is 17.0. The van der Waals surface area contributed by atoms with E-state index in [-0.39, 0.29) is 17.8 Å². The number of Topliss-reactive ketones (excluding diaryl/α,β-unsaturated/α-hetero) is 1. The Morgan fingerprint density at radius 3 is 2.77 bits per heavy atom. The van der Waals surface area contributed by atoms with E-state index in [0.29, 0.717) is 47.4 Å². The molecule has 0 bridgehead atoms. The predicted molar refractivity (Wildman–Crippen MR) is 135 cm³/mol. The van der Waals surface area contributed by atoms with Gasteiger partial charge in [0.25, 0.3) is 5.91 Å². The molecule has 0 radical (unpaired) electrons. The van der Waals surface area contributed by atoms with Crippen LogP contribution in [0.2, 0.25) is 5.02 Å². The number of fused-ring (bicyclic) bond motifs is 1. The number of nitrogens with zero attached hydrogens (tertiary/aromatic N) is 1. The summed E-state index contributed by atoms with van der Waals surface area (Å²) in [7, 11) is 0. The number of carbonyl (C=O) groups excluding carboxylic acids is 2. The van der Waals surface area contributed by atoms with Gasteiger partial charge in [-0.05, 0) is 80.0 Å². The van der Waals surface area contributed by atoms with Crippen LogP contribution in [0.3, 0.4) is 0 Å². The summed E-state index contributed by atoms with van der Waals surface area (Å²) in [5, 5.41) is 4.24. The largest absolute Gasteiger partial charge is 0.457 e. The van der Waals surface area contributed by atoms with Crippen molar-refractivity contribution in [1.82, 2.24) is 10.3 Å². The molecular weight excluding hydrogens is 464 g/mol. The number of halogens is 1. The second-order valence-corrected chi connectivity index (χ2v) is 9.96. The first-order valence-corrected chi connectivity index (χ1v) is 12.6. The molecule has 6 nitrogen and oxygen atoms in total. The number of ether oxygens (including phenoxy) is 2. The van der Waals surface area contributed by atoms with Crippen LogP contribution in [0.15, 0.2) is 42.6 Å². The highest BCUT2D eigenvalue weighted by Gasteiger charge is 2.24. The lowest BCUT2D eigenvalue weighted by molar-refractivity contribution is -0.118. The Kier molecular flexibility index (Phi) is 7.02. The summed E-state index contributed by atoms with van der Waals surface area (Å²) in [6.45, 7) is 3.16. The third-order valence-corrected chi connectivity index (χ3v) is 7.01. The first kappa shape index (κ1) is 23.8. The van der Waals surface area contributed by atoms with E-state index in [2.05, 4.69) is 10.3 Å². The van der Waals surface area contributed by atoms with Gasteiger partial charge in [0, 0.05) is 48.2 Å². The Morgan fingerprint density at radius 2 is 2.03 bits per heavy atom. The van der Waals surface area contributed by atoms with Crippen molar-refractivity contribution < 1.29 is 19.1 Å². The van der Waals surface area contributed by atoms with Gasteiger partial charge in [-0.3, -0.25) is 14.6 Å². The summed E-state index contributed by atoms with van der Waals surface area (Å²) in [5.74, 6) is 1.79. The second-order valence-electron chi connectivity index (χ2n) is 9.56. The Morgan fingerprint density at radius 1 is 1.17 bits per heavy atom. The van der Waals surface area contributed by atoms with Crippen molar-refractivity contribution in [2.24, 2.45) is 5.92 Å². The third-order valence-electron chi connectivity index (χ3n) is 6.66. The predicted octanol–water partition coefficient (Wildman–Crippen LogP) is 5.81. The monoisotopic (exact) mass is 492 g/mol. The fourth-order valence-electron chi connectivity index (χ4n) is 4.50. The molecule has 0 spiro atoms. The quantitative estimate of drug-likeness (QED) is 0.408. The number of amides is 1. The molecule has 1 saturated carbocycles. The van der Waals surface area contributed by atoms with Crippen molar-refractivity contribution in [2.45, 2.75) is 51.6 Å². The number of hydrogen-bond acceptors (Lipinski definition) is 5. The van der Waals surface area contributed by atoms with Gasteiger partial charge in [0.05, 0.1) is 11.6 Å². The summed E-state index contributed by atoms with van der Waals surface area (Å²) in [5.41, 5.74) is 2.97. The second kappa shape index (κ2) is 10.3. The molecule has 1 atom stereocenters. The lowest BCUT2D eigenvalue weighted by Crippen LogP contribution is -2.32. The number of pyridine rings is 1. The molecule has 1 N–H and O–H groups in total. The Bertz CT molecular complexity index is 1270. The van der Waals surface area contributed by atoms with Gasteiger partial charge in [0.2, 0.25) is 0 Å². The fourth-order valence-corrected chi connectivity index (χ4v) is 4.74. The molecule has 5 rings (SSSR count). The van der Waals surface area contributed by atoms with Crippen molar-refractivity contribution in [2.75, 3.05) is 13.2 Å². The molecule has 2 fully saturated rings. The average Bonchev–Trinajstić information content (AvgIpc) is 3.48. The van der Waals surface area contributed by atoms with Gasteiger partial charge in [-0.2, -0.15) is 0 Å². The third kappa shape index (κ3) is 5.82. The van der Waals surface area contributed by atoms with Crippen molar-refractivity contribution in [3.8, 4) is 11.5 Å². The van der Waals surface area contributed by atoms with Gasteiger partial charge >= 0.3 is 0 Å². The Hall–Kier alpha value is -2.96. The van der Waals surface area contributed by atoms with E-state index in [4.69, 9.17) is 21.1 Å². The van der Waals surface area contributed by atoms with Crippen LogP contribution in [0.4, 0.5) is 0 Å². The van der Waals surface area contributed by atoms with E-state index in [1.807, 2.05) is 31.2 Å². The number of benzene rings is 2. The molecule has 1 saturated heterocycles. The molecule has 0 unspecified atom stereocenters. The van der Waals surface area contributed by atoms with Crippen molar-refractivity contribution in [1.29, 1.82) is 0 Å². The number of rotatable bonds is 9. The summed E-state index contributed by atoms with van der Waals surface area (Å²) in [6, 6.07) is 10.9. The molecule has 1 aliphatic heterocycles. The molecule has 1 aliphatic carbocycles. The number of ketones is 1. The Labute approximate surface area is 210 Å². The van der Waals surface area contributed by atoms with Crippen LogP contribution < -0.4 is 10.1 Å². The summed E-state index contributed by atoms with van der Waals surface area (Å²) < 4.78 is 11.8. The van der Waals surface area contributed by atoms with Crippen LogP contribution in [0.5, 0.6) is 11.5 Å². The van der Waals surface area contributed by atoms with E-state index < -0.39 is 0 Å². The zero-order chi connectivity index (χ0) is 24.4. The zero-order valence-corrected chi connectivity index (χ0v) is 20.6. The number of aryl methyl sites for hydroxylation is 1. The lowest BCUT2D eigenvalue weighted by Gasteiger charge is -2.14. The zero-order valence-electron chi connectivity index (χ0n) is 19.8. The van der Waals surface area contributed by atoms with Gasteiger partial charge in [0.1, 0.15) is 17.3 Å². The molecule has 35 heavy (non-hydrogen) atoms. The van der Waals surface area contributed by atoms with E-state index >= 15 is 0 Å². The maximum absolute atomic E-state index is 12.9. The smallest absolute Gasteiger partial charge is 0.251 e. The molecule has 2 heterocycles. The van der Waals surface area contributed by atoms with Crippen LogP contribution in [0.1, 0.15) is 53.6 Å². The van der Waals surface area contributed by atoms with Gasteiger partial charge in [-0.25, -0.2) is 0 Å². The van der Waals surface area contributed by atoms with Gasteiger partial charge < -0.3 is 14.8 Å². The first-order valence-electron chi connectivity index (χ1n) is 12.2. The lowest BCUT2D eigenvalue weighted by atomic mass is 10.0. The van der Waals surface area contributed by atoms with Gasteiger partial charge in [-0.1, -0.05) is 17.7 Å². The summed E-state index contributed by atoms with van der Waals surface area (Å²) >= 11 is 6.48. The topological polar surface area (TPSA) is 77.5 Å². The van der Waals surface area contributed by atoms with Crippen LogP contribution in [-0.2, 0) is 16.0 Å². The molecule has 1 aromatic heterocycles. The van der Waals surface area contributed by atoms with Gasteiger partial charge in [-0.15, -0.1) is 0 Å². The van der Waals surface area contributed by atoms with E-state index in [1.165, 1.54) is 0 Å². The number of carbonyl (C=O) groups is 2. The van der Waals surface area contributed by atoms with Crippen LogP contribution in [-0.4, -0.2) is 35.9 Å². The normalized spacial score (nSPS) is 17.5. The highest BCUT2D eigenvalue weighted by Crippen LogP contribution is 2.35. The van der Waals surface area contributed by atoms with Gasteiger partial charge in [0.15, 0.2) is 0 Å². The SMILES string of the molecule is Cc1cc2nccc(Oc3ccc(CC(=O)CC4CC4)c(Cl)c3)c2cc1C(=O)NC[C@H]1CCCO1. The van der Waals surface area contributed by atoms with E-state index in [9.17, 15) is 9.59 Å². The highest BCUT2D eigenvalue weighted by atomic mass is 35.5. The molecule has 3 aromatic rings. The average molecular weight is 493 g/mol. The maximum atomic E-state index is 12.9. The van der Waals surface area contributed by atoms with Crippen LogP contribution in [0.25, 0.3) is 10.9 Å². The van der Waals surface area contributed by atoms with Crippen molar-refractivity contribution >= 4 is 34.2 Å². The molecule has 182 valence electrons. The summed E-state index contributed by atoms with van der Waals surface area (Å²) in [4.78, 5) is 29.6. The number of nitrogens with one attached hydrogen (secondary N) is 1. The molecule has 2 aliphatic rings. The minimum absolute atomic E-state index is 0.0805.